The number of fused-ring (bicyclic) bond motifs is 1. The summed E-state index contributed by atoms with van der Waals surface area (Å²) in [5.41, 5.74) is 15.3. The summed E-state index contributed by atoms with van der Waals surface area (Å²) in [6.07, 6.45) is 3.03. The first kappa shape index (κ1) is 62.2. The summed E-state index contributed by atoms with van der Waals surface area (Å²) in [7, 11) is 0. The number of nitrogens with zero attached hydrogens (tertiary/aromatic N) is 1. The number of hydrogen-bond donors (Lipinski definition) is 12. The Balaban J connectivity index is 1.12. The number of aromatic amines is 1. The Bertz CT molecular complexity index is 3200. The molecule has 0 spiro atoms. The molecule has 5 aromatic carbocycles. The Morgan fingerprint density at radius 3 is 1.56 bits per heavy atom. The average Bonchev–Trinajstić information content (AvgIpc) is 4.32. The number of nitrogens with one attached hydrogen (secondary N) is 8. The molecule has 7 rings (SSSR count). The van der Waals surface area contributed by atoms with Gasteiger partial charge < -0.3 is 68.8 Å². The van der Waals surface area contributed by atoms with E-state index in [0.717, 1.165) is 16.5 Å². The van der Waals surface area contributed by atoms with Gasteiger partial charge in [-0.25, -0.2) is 4.79 Å². The summed E-state index contributed by atoms with van der Waals surface area (Å²) in [4.78, 5) is 130. The van der Waals surface area contributed by atoms with Crippen molar-refractivity contribution in [3.05, 3.63) is 174 Å². The van der Waals surface area contributed by atoms with Gasteiger partial charge in [0.2, 0.25) is 47.3 Å². The predicted octanol–water partition coefficient (Wildman–Crippen LogP) is 1.58. The van der Waals surface area contributed by atoms with E-state index in [4.69, 9.17) is 11.5 Å². The number of hydrogen-bond acceptors (Lipinski definition) is 12. The fourth-order valence-corrected chi connectivity index (χ4v) is 10.1. The van der Waals surface area contributed by atoms with Crippen LogP contribution in [0.3, 0.4) is 0 Å². The van der Waals surface area contributed by atoms with Crippen LogP contribution in [0.2, 0.25) is 0 Å². The van der Waals surface area contributed by atoms with Crippen molar-refractivity contribution in [3.63, 3.8) is 0 Å². The number of aromatic hydroxyl groups is 1. The number of likely N-dealkylation sites (tertiary alicyclic amines) is 1. The minimum atomic E-state index is -1.44. The molecule has 442 valence electrons. The Hall–Kier alpha value is -9.41. The van der Waals surface area contributed by atoms with Gasteiger partial charge in [-0.05, 0) is 84.7 Å². The first-order valence-corrected chi connectivity index (χ1v) is 28.0. The lowest BCUT2D eigenvalue weighted by molar-refractivity contribution is -0.142. The number of carboxylic acids is 1. The normalized spacial score (nSPS) is 15.0. The van der Waals surface area contributed by atoms with Gasteiger partial charge in [-0.15, -0.1) is 0 Å². The SMILES string of the molecule is NCCCC[C@H](NC(=O)[C@H](Cc1ccccc1)NC(=O)[C@H](Cc1ccc(O)cc1)NC(=O)[C@H](Cc1c[nH]c2ccccc12)NC(=O)[C@@H]1CCCN1C(=O)CNC(=O)[C@H](Cc1ccccc1)NC(=O)CN)C(=O)N[C@@H](Cc1ccccc1)C(=O)O. The fraction of sp³-hybridized carbons (Fsp3) is 0.339. The number of carbonyl (C=O) groups is 9. The lowest BCUT2D eigenvalue weighted by atomic mass is 10.00. The molecule has 1 aromatic heterocycles. The second-order valence-corrected chi connectivity index (χ2v) is 20.7. The number of aromatic nitrogens is 1. The van der Waals surface area contributed by atoms with Gasteiger partial charge >= 0.3 is 5.97 Å². The molecule has 0 aliphatic carbocycles. The van der Waals surface area contributed by atoms with Crippen LogP contribution in [0.1, 0.15) is 59.9 Å². The van der Waals surface area contributed by atoms with E-state index >= 15 is 4.79 Å². The number of phenolic OH excluding ortho intramolecular Hbond substituents is 1. The molecule has 22 nitrogen and oxygen atoms in total. The van der Waals surface area contributed by atoms with Gasteiger partial charge in [0.25, 0.3) is 0 Å². The van der Waals surface area contributed by atoms with Crippen molar-refractivity contribution in [2.75, 3.05) is 26.2 Å². The van der Waals surface area contributed by atoms with Crippen molar-refractivity contribution >= 4 is 64.1 Å². The van der Waals surface area contributed by atoms with E-state index in [9.17, 15) is 48.6 Å². The number of amides is 8. The van der Waals surface area contributed by atoms with Crippen molar-refractivity contribution in [1.29, 1.82) is 0 Å². The maximum Gasteiger partial charge on any atom is 0.326 e. The van der Waals surface area contributed by atoms with Crippen LogP contribution in [0, 0.1) is 0 Å². The predicted molar refractivity (Wildman–Crippen MR) is 313 cm³/mol. The molecule has 1 fully saturated rings. The Morgan fingerprint density at radius 1 is 0.536 bits per heavy atom. The lowest BCUT2D eigenvalue weighted by Gasteiger charge is -2.29. The smallest absolute Gasteiger partial charge is 0.326 e. The van der Waals surface area contributed by atoms with Crippen molar-refractivity contribution in [2.24, 2.45) is 11.5 Å². The number of H-pyrrole nitrogens is 1. The van der Waals surface area contributed by atoms with Crippen molar-refractivity contribution in [1.82, 2.24) is 47.1 Å². The number of benzene rings is 5. The van der Waals surface area contributed by atoms with E-state index in [1.165, 1.54) is 17.0 Å². The van der Waals surface area contributed by atoms with Crippen LogP contribution >= 0.6 is 0 Å². The first-order valence-electron chi connectivity index (χ1n) is 28.0. The van der Waals surface area contributed by atoms with Crippen LogP contribution in [0.4, 0.5) is 0 Å². The number of rotatable bonds is 30. The minimum Gasteiger partial charge on any atom is -0.508 e. The molecule has 2 heterocycles. The molecule has 14 N–H and O–H groups in total. The van der Waals surface area contributed by atoms with E-state index < -0.39 is 102 Å². The summed E-state index contributed by atoms with van der Waals surface area (Å²) in [6.45, 7) is -0.424. The number of unbranched alkanes of at least 4 members (excludes halogenated alkanes) is 1. The fourth-order valence-electron chi connectivity index (χ4n) is 10.1. The Morgan fingerprint density at radius 2 is 1.01 bits per heavy atom. The number of para-hydroxylation sites is 1. The van der Waals surface area contributed by atoms with E-state index in [1.54, 1.807) is 103 Å². The van der Waals surface area contributed by atoms with Crippen LogP contribution in [-0.2, 0) is 75.3 Å². The van der Waals surface area contributed by atoms with Crippen molar-refractivity contribution < 1.29 is 53.4 Å². The van der Waals surface area contributed by atoms with Crippen molar-refractivity contribution in [2.45, 2.75) is 107 Å². The van der Waals surface area contributed by atoms with Crippen LogP contribution in [-0.4, -0.2) is 142 Å². The quantitative estimate of drug-likeness (QED) is 0.0286. The van der Waals surface area contributed by atoms with Crippen LogP contribution in [0.25, 0.3) is 10.9 Å². The van der Waals surface area contributed by atoms with E-state index in [1.807, 2.05) is 30.3 Å². The Kier molecular flexibility index (Phi) is 23.1. The monoisotopic (exact) mass is 1150 g/mol. The van der Waals surface area contributed by atoms with Gasteiger partial charge in [0.05, 0.1) is 13.1 Å². The number of aliphatic carboxylic acids is 1. The number of carboxylic acid groups (broad SMARTS) is 1. The summed E-state index contributed by atoms with van der Waals surface area (Å²) in [6, 6.07) is 30.8. The topological polar surface area (TPSA) is 349 Å². The zero-order valence-electron chi connectivity index (χ0n) is 46.5. The highest BCUT2D eigenvalue weighted by Crippen LogP contribution is 2.22. The summed E-state index contributed by atoms with van der Waals surface area (Å²) in [5.74, 6) is -6.99. The highest BCUT2D eigenvalue weighted by molar-refractivity contribution is 5.98. The van der Waals surface area contributed by atoms with E-state index in [2.05, 4.69) is 42.2 Å². The third kappa shape index (κ3) is 18.3. The molecule has 1 saturated heterocycles. The number of phenols is 1. The van der Waals surface area contributed by atoms with Gasteiger partial charge in [0.15, 0.2) is 0 Å². The molecule has 7 atom stereocenters. The summed E-state index contributed by atoms with van der Waals surface area (Å²) >= 11 is 0. The number of nitrogens with two attached hydrogens (primary N) is 2. The number of carbonyl (C=O) groups excluding carboxylic acids is 8. The molecule has 0 radical (unpaired) electrons. The largest absolute Gasteiger partial charge is 0.508 e. The summed E-state index contributed by atoms with van der Waals surface area (Å²) < 4.78 is 0. The van der Waals surface area contributed by atoms with Gasteiger partial charge in [-0.1, -0.05) is 121 Å². The van der Waals surface area contributed by atoms with Gasteiger partial charge in [0.1, 0.15) is 48.0 Å². The Labute approximate surface area is 486 Å². The van der Waals surface area contributed by atoms with Crippen LogP contribution < -0.4 is 48.7 Å². The van der Waals surface area contributed by atoms with Crippen molar-refractivity contribution in [3.8, 4) is 5.75 Å². The molecule has 1 aliphatic rings. The zero-order valence-corrected chi connectivity index (χ0v) is 46.5. The van der Waals surface area contributed by atoms with Crippen LogP contribution in [0.5, 0.6) is 5.75 Å². The van der Waals surface area contributed by atoms with Crippen LogP contribution in [0.15, 0.2) is 146 Å². The molecule has 0 unspecified atom stereocenters. The maximum absolute atomic E-state index is 15.0. The molecule has 84 heavy (non-hydrogen) atoms. The molecular formula is C62H73N11O11. The zero-order chi connectivity index (χ0) is 60.0. The van der Waals surface area contributed by atoms with E-state index in [-0.39, 0.29) is 70.3 Å². The third-order valence-corrected chi connectivity index (χ3v) is 14.5. The molecule has 6 aromatic rings. The molecule has 22 heteroatoms. The van der Waals surface area contributed by atoms with Gasteiger partial charge in [-0.3, -0.25) is 38.4 Å². The molecule has 0 bridgehead atoms. The molecule has 8 amide bonds. The third-order valence-electron chi connectivity index (χ3n) is 14.5. The maximum atomic E-state index is 15.0. The second kappa shape index (κ2) is 31.1. The second-order valence-electron chi connectivity index (χ2n) is 20.7. The molecule has 0 saturated carbocycles. The highest BCUT2D eigenvalue weighted by atomic mass is 16.4. The van der Waals surface area contributed by atoms with Gasteiger partial charge in [-0.2, -0.15) is 0 Å². The molecule has 1 aliphatic heterocycles. The summed E-state index contributed by atoms with van der Waals surface area (Å²) in [5, 5.41) is 40.1. The van der Waals surface area contributed by atoms with E-state index in [0.29, 0.717) is 41.5 Å². The minimum absolute atomic E-state index is 0.0328. The first-order chi connectivity index (χ1) is 40.6. The highest BCUT2D eigenvalue weighted by Gasteiger charge is 2.38. The average molecular weight is 1150 g/mol. The molecular weight excluding hydrogens is 1070 g/mol. The standard InChI is InChI=1S/C62H73N11O11/c63-29-13-12-23-47(57(78)72-52(62(83)84)34-41-19-8-3-9-20-41)68-58(79)49(32-40-17-6-2-7-18-40)69-59(80)50(33-42-25-27-44(74)28-26-42)70-60(81)51(35-43-37-65-46-22-11-10-21-45(43)46)71-61(82)53-24-14-30-73(53)55(76)38-66-56(77)48(67-54(75)36-64)31-39-15-4-1-5-16-39/h1-11,15-22,25-28,37,47-53,65,74H,12-14,23-24,29-36,38,63-64H2,(H,66,77)(H,67,75)(H,68,79)(H,69,80)(H,70,81)(H,71,82)(H,72,78)(H,83,84)/t47-,48-,49-,50-,51-,52-,53-/m0/s1. The lowest BCUT2D eigenvalue weighted by Crippen LogP contribution is -2.60. The van der Waals surface area contributed by atoms with Gasteiger partial charge in [0, 0.05) is 55.7 Å².